The van der Waals surface area contributed by atoms with Crippen LogP contribution < -0.4 is 11.3 Å². The molecule has 0 aliphatic rings. The number of carbonyl (C=O) groups is 1. The van der Waals surface area contributed by atoms with Gasteiger partial charge in [0, 0.05) is 10.9 Å². The van der Waals surface area contributed by atoms with E-state index in [4.69, 9.17) is 5.84 Å². The SMILES string of the molecule is CC(C)(C)c1ccc(-c2nc(C(=O)NN)cs2)cc1. The van der Waals surface area contributed by atoms with Crippen molar-refractivity contribution in [3.63, 3.8) is 0 Å². The quantitative estimate of drug-likeness (QED) is 0.503. The van der Waals surface area contributed by atoms with Crippen LogP contribution in [0, 0.1) is 0 Å². The lowest BCUT2D eigenvalue weighted by atomic mass is 9.87. The van der Waals surface area contributed by atoms with Gasteiger partial charge in [0.15, 0.2) is 0 Å². The molecule has 100 valence electrons. The van der Waals surface area contributed by atoms with E-state index in [1.165, 1.54) is 16.9 Å². The predicted molar refractivity (Wildman–Crippen MR) is 77.9 cm³/mol. The molecule has 5 heteroatoms. The van der Waals surface area contributed by atoms with Crippen LogP contribution in [-0.4, -0.2) is 10.9 Å². The van der Waals surface area contributed by atoms with Crippen molar-refractivity contribution in [2.24, 2.45) is 5.84 Å². The first-order valence-electron chi connectivity index (χ1n) is 5.99. The second-order valence-electron chi connectivity index (χ2n) is 5.34. The lowest BCUT2D eigenvalue weighted by Crippen LogP contribution is -2.30. The molecule has 1 heterocycles. The summed E-state index contributed by atoms with van der Waals surface area (Å²) >= 11 is 1.43. The summed E-state index contributed by atoms with van der Waals surface area (Å²) < 4.78 is 0. The van der Waals surface area contributed by atoms with Crippen LogP contribution in [0.3, 0.4) is 0 Å². The molecule has 0 unspecified atom stereocenters. The van der Waals surface area contributed by atoms with Crippen LogP contribution in [0.5, 0.6) is 0 Å². The molecule has 1 aromatic carbocycles. The Hall–Kier alpha value is -1.72. The highest BCUT2D eigenvalue weighted by atomic mass is 32.1. The van der Waals surface area contributed by atoms with Gasteiger partial charge in [-0.1, -0.05) is 45.0 Å². The van der Waals surface area contributed by atoms with Gasteiger partial charge in [0.05, 0.1) is 0 Å². The molecule has 1 amide bonds. The summed E-state index contributed by atoms with van der Waals surface area (Å²) in [5.74, 6) is 4.72. The molecule has 2 aromatic rings. The molecule has 0 aliphatic carbocycles. The van der Waals surface area contributed by atoms with Crippen LogP contribution >= 0.6 is 11.3 Å². The number of nitrogens with one attached hydrogen (secondary N) is 1. The van der Waals surface area contributed by atoms with Gasteiger partial charge in [-0.25, -0.2) is 10.8 Å². The number of thiazole rings is 1. The summed E-state index contributed by atoms with van der Waals surface area (Å²) in [6, 6.07) is 8.26. The predicted octanol–water partition coefficient (Wildman–Crippen LogP) is 2.71. The topological polar surface area (TPSA) is 68.0 Å². The second-order valence-corrected chi connectivity index (χ2v) is 6.20. The molecule has 0 atom stereocenters. The highest BCUT2D eigenvalue weighted by Gasteiger charge is 2.14. The smallest absolute Gasteiger partial charge is 0.284 e. The van der Waals surface area contributed by atoms with Crippen LogP contribution in [-0.2, 0) is 5.41 Å². The number of nitrogens with zero attached hydrogens (tertiary/aromatic N) is 1. The number of nitrogens with two attached hydrogens (primary N) is 1. The standard InChI is InChI=1S/C14H17N3OS/c1-14(2,3)10-6-4-9(5-7-10)13-16-11(8-19-13)12(18)17-15/h4-8H,15H2,1-3H3,(H,17,18). The van der Waals surface area contributed by atoms with Crippen molar-refractivity contribution in [2.45, 2.75) is 26.2 Å². The minimum absolute atomic E-state index is 0.131. The highest BCUT2D eigenvalue weighted by Crippen LogP contribution is 2.27. The fourth-order valence-electron chi connectivity index (χ4n) is 1.70. The van der Waals surface area contributed by atoms with Crippen molar-refractivity contribution >= 4 is 17.2 Å². The zero-order valence-electron chi connectivity index (χ0n) is 11.2. The van der Waals surface area contributed by atoms with E-state index in [9.17, 15) is 4.79 Å². The van der Waals surface area contributed by atoms with E-state index >= 15 is 0 Å². The van der Waals surface area contributed by atoms with Crippen molar-refractivity contribution in [1.82, 2.24) is 10.4 Å². The summed E-state index contributed by atoms with van der Waals surface area (Å²) in [4.78, 5) is 15.6. The van der Waals surface area contributed by atoms with Crippen molar-refractivity contribution in [1.29, 1.82) is 0 Å². The Bertz CT molecular complexity index is 581. The molecule has 1 aromatic heterocycles. The molecule has 0 radical (unpaired) electrons. The average molecular weight is 275 g/mol. The molecule has 19 heavy (non-hydrogen) atoms. The van der Waals surface area contributed by atoms with E-state index in [-0.39, 0.29) is 11.3 Å². The van der Waals surface area contributed by atoms with Crippen molar-refractivity contribution in [3.05, 3.63) is 40.9 Å². The molecule has 0 aliphatic heterocycles. The zero-order valence-corrected chi connectivity index (χ0v) is 12.0. The van der Waals surface area contributed by atoms with Gasteiger partial charge in [0.2, 0.25) is 0 Å². The first kappa shape index (κ1) is 13.7. The normalized spacial score (nSPS) is 11.4. The summed E-state index contributed by atoms with van der Waals surface area (Å²) in [5, 5.41) is 2.52. The van der Waals surface area contributed by atoms with Gasteiger partial charge >= 0.3 is 0 Å². The summed E-state index contributed by atoms with van der Waals surface area (Å²) in [6.07, 6.45) is 0. The van der Waals surface area contributed by atoms with Gasteiger partial charge in [-0.2, -0.15) is 0 Å². The van der Waals surface area contributed by atoms with Crippen LogP contribution in [0.4, 0.5) is 0 Å². The van der Waals surface area contributed by atoms with Gasteiger partial charge < -0.3 is 0 Å². The molecule has 0 fully saturated rings. The molecule has 3 N–H and O–H groups in total. The Labute approximate surface area is 116 Å². The Kier molecular flexibility index (Phi) is 3.68. The summed E-state index contributed by atoms with van der Waals surface area (Å²) in [6.45, 7) is 6.53. The molecule has 0 bridgehead atoms. The maximum absolute atomic E-state index is 11.4. The van der Waals surface area contributed by atoms with Crippen LogP contribution in [0.1, 0.15) is 36.8 Å². The number of hydrazine groups is 1. The van der Waals surface area contributed by atoms with E-state index in [2.05, 4.69) is 43.3 Å². The van der Waals surface area contributed by atoms with Gasteiger partial charge in [0.25, 0.3) is 5.91 Å². The third-order valence-electron chi connectivity index (χ3n) is 2.87. The van der Waals surface area contributed by atoms with E-state index < -0.39 is 0 Å². The first-order chi connectivity index (χ1) is 8.91. The number of hydrogen-bond donors (Lipinski definition) is 2. The van der Waals surface area contributed by atoms with Crippen LogP contribution in [0.2, 0.25) is 0 Å². The monoisotopic (exact) mass is 275 g/mol. The van der Waals surface area contributed by atoms with E-state index in [1.807, 2.05) is 12.1 Å². The lowest BCUT2D eigenvalue weighted by molar-refractivity contribution is 0.0949. The number of benzene rings is 1. The maximum Gasteiger partial charge on any atom is 0.284 e. The minimum atomic E-state index is -0.367. The highest BCUT2D eigenvalue weighted by molar-refractivity contribution is 7.13. The van der Waals surface area contributed by atoms with Crippen LogP contribution in [0.25, 0.3) is 10.6 Å². The second kappa shape index (κ2) is 5.11. The summed E-state index contributed by atoms with van der Waals surface area (Å²) in [5.41, 5.74) is 4.84. The molecule has 0 spiro atoms. The maximum atomic E-state index is 11.4. The number of hydrogen-bond acceptors (Lipinski definition) is 4. The molecule has 0 saturated carbocycles. The van der Waals surface area contributed by atoms with E-state index in [1.54, 1.807) is 5.38 Å². The molecular weight excluding hydrogens is 258 g/mol. The Morgan fingerprint density at radius 3 is 2.42 bits per heavy atom. The zero-order chi connectivity index (χ0) is 14.0. The number of amides is 1. The number of rotatable bonds is 2. The van der Waals surface area contributed by atoms with Crippen molar-refractivity contribution in [3.8, 4) is 10.6 Å². The minimum Gasteiger partial charge on any atom is -0.289 e. The van der Waals surface area contributed by atoms with Gasteiger partial charge in [0.1, 0.15) is 10.7 Å². The molecular formula is C14H17N3OS. The summed E-state index contributed by atoms with van der Waals surface area (Å²) in [7, 11) is 0. The van der Waals surface area contributed by atoms with Gasteiger partial charge in [-0.3, -0.25) is 10.2 Å². The van der Waals surface area contributed by atoms with Crippen molar-refractivity contribution in [2.75, 3.05) is 0 Å². The number of carbonyl (C=O) groups excluding carboxylic acids is 1. The van der Waals surface area contributed by atoms with Gasteiger partial charge in [-0.05, 0) is 11.0 Å². The Morgan fingerprint density at radius 1 is 1.26 bits per heavy atom. The lowest BCUT2D eigenvalue weighted by Gasteiger charge is -2.18. The van der Waals surface area contributed by atoms with Gasteiger partial charge in [-0.15, -0.1) is 11.3 Å². The first-order valence-corrected chi connectivity index (χ1v) is 6.87. The third kappa shape index (κ3) is 3.00. The fraction of sp³-hybridized carbons (Fsp3) is 0.286. The van der Waals surface area contributed by atoms with E-state index in [0.29, 0.717) is 5.69 Å². The molecule has 2 rings (SSSR count). The largest absolute Gasteiger partial charge is 0.289 e. The average Bonchev–Trinajstić information content (AvgIpc) is 2.86. The Balaban J connectivity index is 2.28. The number of nitrogen functional groups attached to an aromatic ring is 1. The van der Waals surface area contributed by atoms with E-state index in [0.717, 1.165) is 10.6 Å². The Morgan fingerprint density at radius 2 is 1.89 bits per heavy atom. The number of aromatic nitrogens is 1. The van der Waals surface area contributed by atoms with Crippen LogP contribution in [0.15, 0.2) is 29.6 Å². The third-order valence-corrected chi connectivity index (χ3v) is 3.76. The molecule has 0 saturated heterocycles. The molecule has 4 nitrogen and oxygen atoms in total. The fourth-order valence-corrected chi connectivity index (χ4v) is 2.50. The van der Waals surface area contributed by atoms with Crippen molar-refractivity contribution < 1.29 is 4.79 Å².